The minimum absolute atomic E-state index is 0.112. The second kappa shape index (κ2) is 66.3. The van der Waals surface area contributed by atoms with E-state index in [1.807, 2.05) is 0 Å². The summed E-state index contributed by atoms with van der Waals surface area (Å²) in [6.45, 7) is 6.32. The molecule has 0 aliphatic heterocycles. The number of unbranched alkanes of at least 4 members (excludes halogenated alkanes) is 17. The highest BCUT2D eigenvalue weighted by Gasteiger charge is 2.19. The number of carbonyl (C=O) groups is 3. The van der Waals surface area contributed by atoms with Crippen molar-refractivity contribution >= 4 is 17.9 Å². The van der Waals surface area contributed by atoms with Crippen molar-refractivity contribution in [1.82, 2.24) is 0 Å². The molecule has 0 aromatic rings. The summed E-state index contributed by atoms with van der Waals surface area (Å²) in [5.74, 6) is -0.988. The van der Waals surface area contributed by atoms with Gasteiger partial charge >= 0.3 is 17.9 Å². The van der Waals surface area contributed by atoms with E-state index >= 15 is 0 Å². The lowest BCUT2D eigenvalue weighted by atomic mass is 10.1. The van der Waals surface area contributed by atoms with Gasteiger partial charge in [-0.25, -0.2) is 0 Å². The van der Waals surface area contributed by atoms with Crippen LogP contribution in [-0.4, -0.2) is 37.2 Å². The average Bonchev–Trinajstić information content (AvgIpc) is 3.46. The third kappa shape index (κ3) is 63.6. The van der Waals surface area contributed by atoms with Crippen molar-refractivity contribution in [1.29, 1.82) is 0 Å². The molecular weight excluding hydrogens is 985 g/mol. The summed E-state index contributed by atoms with van der Waals surface area (Å²) in [4.78, 5) is 38.3. The summed E-state index contributed by atoms with van der Waals surface area (Å²) < 4.78 is 16.8. The molecule has 0 heterocycles. The molecular formula is C74H116O6. The molecule has 0 bridgehead atoms. The first-order valence-corrected chi connectivity index (χ1v) is 32.1. The maximum Gasteiger partial charge on any atom is 0.306 e. The van der Waals surface area contributed by atoms with Crippen molar-refractivity contribution in [2.24, 2.45) is 0 Å². The van der Waals surface area contributed by atoms with Gasteiger partial charge in [-0.3, -0.25) is 14.4 Å². The minimum Gasteiger partial charge on any atom is -0.462 e. The second-order valence-electron chi connectivity index (χ2n) is 20.5. The molecule has 0 aromatic carbocycles. The average molecular weight is 1100 g/mol. The van der Waals surface area contributed by atoms with E-state index in [1.54, 1.807) is 0 Å². The topological polar surface area (TPSA) is 78.9 Å². The lowest BCUT2D eigenvalue weighted by molar-refractivity contribution is -0.167. The standard InChI is InChI=1S/C74H116O6/c1-4-7-10-13-16-19-22-25-28-30-31-32-33-34-35-36-37-38-39-40-41-42-43-44-47-49-52-55-58-61-64-67-73(76)79-70-71(69-78-72(75)66-63-60-57-54-51-48-45-27-24-21-18-15-12-9-6-3)80-74(77)68-65-62-59-56-53-50-46-29-26-23-20-17-14-11-8-5-2/h7,9-10,12,16,18-21,23,25,27-29,31-32,34-35,37-38,40-41,43-46,51,54,71H,4-6,8,11,13-15,17,22,24,26,30,33,36,39,42,47-50,52-53,55-70H2,1-3H3/b10-7-,12-9-,19-16-,21-18-,23-20-,28-25-,32-31-,35-34-,38-37-,41-40-,44-43-,45-27-,46-29-,54-51-. The molecule has 0 rings (SSSR count). The zero-order valence-electron chi connectivity index (χ0n) is 51.3. The van der Waals surface area contributed by atoms with Gasteiger partial charge in [-0.2, -0.15) is 0 Å². The van der Waals surface area contributed by atoms with Crippen molar-refractivity contribution < 1.29 is 28.6 Å². The Bertz CT molecular complexity index is 1840. The highest BCUT2D eigenvalue weighted by Crippen LogP contribution is 2.13. The van der Waals surface area contributed by atoms with Crippen LogP contribution in [0.1, 0.15) is 258 Å². The molecule has 0 saturated carbocycles. The Morgan fingerprint density at radius 3 is 0.787 bits per heavy atom. The zero-order chi connectivity index (χ0) is 57.8. The number of carbonyl (C=O) groups excluding carboxylic acids is 3. The van der Waals surface area contributed by atoms with Crippen LogP contribution in [0.3, 0.4) is 0 Å². The lowest BCUT2D eigenvalue weighted by Gasteiger charge is -2.18. The van der Waals surface area contributed by atoms with Gasteiger partial charge in [0.25, 0.3) is 0 Å². The Hall–Kier alpha value is -5.23. The van der Waals surface area contributed by atoms with Gasteiger partial charge in [0, 0.05) is 19.3 Å². The monoisotopic (exact) mass is 1100 g/mol. The van der Waals surface area contributed by atoms with E-state index in [4.69, 9.17) is 14.2 Å². The van der Waals surface area contributed by atoms with E-state index in [0.29, 0.717) is 25.7 Å². The third-order valence-electron chi connectivity index (χ3n) is 12.9. The Balaban J connectivity index is 4.42. The molecule has 0 saturated heterocycles. The Labute approximate surface area is 492 Å². The molecule has 0 amide bonds. The summed E-state index contributed by atoms with van der Waals surface area (Å²) in [6, 6.07) is 0. The molecule has 80 heavy (non-hydrogen) atoms. The van der Waals surface area contributed by atoms with Crippen LogP contribution in [0.5, 0.6) is 0 Å². The van der Waals surface area contributed by atoms with Gasteiger partial charge in [0.2, 0.25) is 0 Å². The van der Waals surface area contributed by atoms with Crippen LogP contribution in [-0.2, 0) is 28.6 Å². The van der Waals surface area contributed by atoms with Crippen LogP contribution in [0.2, 0.25) is 0 Å². The van der Waals surface area contributed by atoms with Crippen LogP contribution in [0, 0.1) is 0 Å². The quantitative estimate of drug-likeness (QED) is 0.0261. The van der Waals surface area contributed by atoms with Gasteiger partial charge in [-0.15, -0.1) is 0 Å². The Kier molecular flexibility index (Phi) is 61.9. The van der Waals surface area contributed by atoms with E-state index in [-0.39, 0.29) is 31.1 Å². The molecule has 0 radical (unpaired) electrons. The van der Waals surface area contributed by atoms with E-state index in [1.165, 1.54) is 44.9 Å². The summed E-state index contributed by atoms with van der Waals surface area (Å²) in [5.41, 5.74) is 0. The smallest absolute Gasteiger partial charge is 0.306 e. The van der Waals surface area contributed by atoms with Crippen LogP contribution in [0.15, 0.2) is 170 Å². The van der Waals surface area contributed by atoms with E-state index in [2.05, 4.69) is 191 Å². The Morgan fingerprint density at radius 2 is 0.487 bits per heavy atom. The number of hydrogen-bond donors (Lipinski definition) is 0. The first kappa shape index (κ1) is 74.8. The third-order valence-corrected chi connectivity index (χ3v) is 12.9. The molecule has 0 spiro atoms. The van der Waals surface area contributed by atoms with Crippen LogP contribution < -0.4 is 0 Å². The number of allylic oxidation sites excluding steroid dienone is 28. The van der Waals surface area contributed by atoms with Crippen molar-refractivity contribution in [3.05, 3.63) is 170 Å². The van der Waals surface area contributed by atoms with E-state index in [0.717, 1.165) is 167 Å². The molecule has 1 unspecified atom stereocenters. The molecule has 448 valence electrons. The molecule has 1 atom stereocenters. The number of hydrogen-bond acceptors (Lipinski definition) is 6. The summed E-state index contributed by atoms with van der Waals surface area (Å²) in [7, 11) is 0. The fourth-order valence-corrected chi connectivity index (χ4v) is 8.18. The fraction of sp³-hybridized carbons (Fsp3) is 0.581. The van der Waals surface area contributed by atoms with Crippen LogP contribution in [0.4, 0.5) is 0 Å². The Morgan fingerprint density at radius 1 is 0.263 bits per heavy atom. The van der Waals surface area contributed by atoms with E-state index in [9.17, 15) is 14.4 Å². The molecule has 0 fully saturated rings. The van der Waals surface area contributed by atoms with Gasteiger partial charge in [-0.1, -0.05) is 255 Å². The van der Waals surface area contributed by atoms with Gasteiger partial charge in [0.15, 0.2) is 6.10 Å². The highest BCUT2D eigenvalue weighted by molar-refractivity contribution is 5.71. The first-order valence-electron chi connectivity index (χ1n) is 32.1. The number of ether oxygens (including phenoxy) is 3. The van der Waals surface area contributed by atoms with Crippen LogP contribution in [0.25, 0.3) is 0 Å². The molecule has 0 aliphatic carbocycles. The number of rotatable bonds is 56. The van der Waals surface area contributed by atoms with Gasteiger partial charge in [0.1, 0.15) is 13.2 Å². The van der Waals surface area contributed by atoms with Crippen molar-refractivity contribution in [2.45, 2.75) is 264 Å². The summed E-state index contributed by atoms with van der Waals surface area (Å²) >= 11 is 0. The van der Waals surface area contributed by atoms with Gasteiger partial charge in [0.05, 0.1) is 0 Å². The van der Waals surface area contributed by atoms with Gasteiger partial charge in [-0.05, 0) is 154 Å². The molecule has 0 aliphatic rings. The SMILES string of the molecule is CC/C=C\C/C=C\C/C=C\C/C=C\C/C=C\C/C=C\C/C=C\C/C=C\CCCCCCCCC(=O)OCC(COC(=O)CCCC/C=C\C/C=C\C/C=C\C/C=C\CC)OC(=O)CCCCCCC/C=C\C/C=C\CCCCCC. The zero-order valence-corrected chi connectivity index (χ0v) is 51.3. The van der Waals surface area contributed by atoms with Crippen molar-refractivity contribution in [3.63, 3.8) is 0 Å². The normalized spacial score (nSPS) is 13.3. The molecule has 6 nitrogen and oxygen atoms in total. The van der Waals surface area contributed by atoms with Crippen LogP contribution >= 0.6 is 0 Å². The number of esters is 3. The van der Waals surface area contributed by atoms with Gasteiger partial charge < -0.3 is 14.2 Å². The highest BCUT2D eigenvalue weighted by atomic mass is 16.6. The second-order valence-corrected chi connectivity index (χ2v) is 20.5. The van der Waals surface area contributed by atoms with E-state index < -0.39 is 6.10 Å². The summed E-state index contributed by atoms with van der Waals surface area (Å²) in [5, 5.41) is 0. The lowest BCUT2D eigenvalue weighted by Crippen LogP contribution is -2.30. The molecule has 0 N–H and O–H groups in total. The maximum atomic E-state index is 12.9. The minimum atomic E-state index is -0.819. The maximum absolute atomic E-state index is 12.9. The predicted octanol–water partition coefficient (Wildman–Crippen LogP) is 22.3. The molecule has 0 aromatic heterocycles. The van der Waals surface area contributed by atoms with Crippen molar-refractivity contribution in [2.75, 3.05) is 13.2 Å². The molecule has 6 heteroatoms. The summed E-state index contributed by atoms with van der Waals surface area (Å²) in [6.07, 6.45) is 97.9. The largest absolute Gasteiger partial charge is 0.462 e. The first-order chi connectivity index (χ1) is 39.5. The van der Waals surface area contributed by atoms with Crippen molar-refractivity contribution in [3.8, 4) is 0 Å². The predicted molar refractivity (Wildman–Crippen MR) is 348 cm³/mol. The fourth-order valence-electron chi connectivity index (χ4n) is 8.18.